The van der Waals surface area contributed by atoms with Gasteiger partial charge in [0.05, 0.1) is 11.4 Å². The molecule has 7 heteroatoms. The van der Waals surface area contributed by atoms with Crippen molar-refractivity contribution in [3.05, 3.63) is 88.4 Å². The molecule has 1 saturated carbocycles. The summed E-state index contributed by atoms with van der Waals surface area (Å²) in [4.78, 5) is 8.31. The third kappa shape index (κ3) is 7.02. The van der Waals surface area contributed by atoms with E-state index < -0.39 is 5.82 Å². The Morgan fingerprint density at radius 2 is 1.89 bits per heavy atom. The maximum Gasteiger partial charge on any atom is 0.169 e. The summed E-state index contributed by atoms with van der Waals surface area (Å²) < 4.78 is 14.0. The van der Waals surface area contributed by atoms with Crippen LogP contribution in [0.2, 0.25) is 0 Å². The van der Waals surface area contributed by atoms with E-state index in [1.54, 1.807) is 35.4 Å². The Labute approximate surface area is 217 Å². The highest BCUT2D eigenvalue weighted by Gasteiger charge is 2.22. The topological polar surface area (TPSA) is 70.9 Å². The number of rotatable bonds is 7. The first-order valence-corrected chi connectivity index (χ1v) is 13.3. The molecule has 0 heterocycles. The fourth-order valence-electron chi connectivity index (χ4n) is 4.71. The zero-order valence-corrected chi connectivity index (χ0v) is 21.7. The standard InChI is InChI=1S/C29H33FN3O2S/c1-20-11-14-28(21(2)15-20)36-29(31-24-12-13-26(30)27(17-24)32-35)33(18-22-7-4-3-5-8-22)19-23-9-6-10-25(34)16-23/h6,9-17,22,32,34H,3-5,7-8,18-19H2,1-2H3/q-1. The fraction of sp³-hybridized carbons (Fsp3) is 0.345. The van der Waals surface area contributed by atoms with Gasteiger partial charge >= 0.3 is 0 Å². The van der Waals surface area contributed by atoms with Gasteiger partial charge < -0.3 is 20.7 Å². The Kier molecular flexibility index (Phi) is 8.88. The maximum atomic E-state index is 14.0. The van der Waals surface area contributed by atoms with Crippen molar-refractivity contribution in [1.29, 1.82) is 0 Å². The molecule has 0 saturated heterocycles. The van der Waals surface area contributed by atoms with Crippen LogP contribution >= 0.6 is 11.8 Å². The monoisotopic (exact) mass is 506 g/mol. The van der Waals surface area contributed by atoms with Gasteiger partial charge in [0.15, 0.2) is 5.17 Å². The van der Waals surface area contributed by atoms with Crippen molar-refractivity contribution < 1.29 is 9.50 Å². The van der Waals surface area contributed by atoms with Crippen molar-refractivity contribution in [2.24, 2.45) is 10.9 Å². The van der Waals surface area contributed by atoms with Crippen LogP contribution in [0.5, 0.6) is 5.75 Å². The molecule has 0 aromatic heterocycles. The first kappa shape index (κ1) is 26.0. The highest BCUT2D eigenvalue weighted by molar-refractivity contribution is 8.13. The van der Waals surface area contributed by atoms with E-state index in [0.717, 1.165) is 27.7 Å². The highest BCUT2D eigenvalue weighted by atomic mass is 32.2. The van der Waals surface area contributed by atoms with Crippen LogP contribution in [0.25, 0.3) is 0 Å². The van der Waals surface area contributed by atoms with E-state index in [1.165, 1.54) is 49.8 Å². The third-order valence-corrected chi connectivity index (χ3v) is 7.78. The average Bonchev–Trinajstić information content (AvgIpc) is 2.86. The Morgan fingerprint density at radius 1 is 1.08 bits per heavy atom. The molecule has 0 spiro atoms. The van der Waals surface area contributed by atoms with Gasteiger partial charge in [-0.1, -0.05) is 60.9 Å². The number of nitrogens with one attached hydrogen (secondary N) is 1. The van der Waals surface area contributed by atoms with Crippen LogP contribution in [-0.4, -0.2) is 21.7 Å². The van der Waals surface area contributed by atoms with Gasteiger partial charge in [-0.2, -0.15) is 0 Å². The minimum Gasteiger partial charge on any atom is -0.761 e. The van der Waals surface area contributed by atoms with E-state index in [-0.39, 0.29) is 11.4 Å². The second kappa shape index (κ2) is 12.3. The van der Waals surface area contributed by atoms with Crippen LogP contribution < -0.4 is 5.48 Å². The first-order valence-electron chi connectivity index (χ1n) is 12.5. The van der Waals surface area contributed by atoms with Crippen molar-refractivity contribution in [1.82, 2.24) is 4.90 Å². The highest BCUT2D eigenvalue weighted by Crippen LogP contribution is 2.33. The average molecular weight is 507 g/mol. The molecule has 0 unspecified atom stereocenters. The summed E-state index contributed by atoms with van der Waals surface area (Å²) in [5, 5.41) is 22.1. The molecule has 2 N–H and O–H groups in total. The van der Waals surface area contributed by atoms with Crippen LogP contribution in [0, 0.1) is 30.8 Å². The number of hydrogen-bond donors (Lipinski definition) is 2. The zero-order chi connectivity index (χ0) is 25.5. The smallest absolute Gasteiger partial charge is 0.169 e. The fourth-order valence-corrected chi connectivity index (χ4v) is 5.68. The summed E-state index contributed by atoms with van der Waals surface area (Å²) in [7, 11) is 0. The predicted octanol–water partition coefficient (Wildman–Crippen LogP) is 7.92. The van der Waals surface area contributed by atoms with E-state index >= 15 is 0 Å². The van der Waals surface area contributed by atoms with Gasteiger partial charge in [0.25, 0.3) is 0 Å². The summed E-state index contributed by atoms with van der Waals surface area (Å²) in [6.07, 6.45) is 6.11. The molecule has 0 atom stereocenters. The number of aliphatic imine (C=N–C) groups is 1. The summed E-state index contributed by atoms with van der Waals surface area (Å²) in [6.45, 7) is 5.57. The first-order chi connectivity index (χ1) is 17.4. The van der Waals surface area contributed by atoms with Crippen molar-refractivity contribution >= 4 is 28.3 Å². The lowest BCUT2D eigenvalue weighted by molar-refractivity contribution is 0.272. The largest absolute Gasteiger partial charge is 0.761 e. The molecule has 0 aliphatic heterocycles. The number of benzene rings is 3. The van der Waals surface area contributed by atoms with E-state index in [4.69, 9.17) is 4.99 Å². The van der Waals surface area contributed by atoms with Crippen molar-refractivity contribution in [3.8, 4) is 5.75 Å². The van der Waals surface area contributed by atoms with Crippen molar-refractivity contribution in [3.63, 3.8) is 0 Å². The van der Waals surface area contributed by atoms with Crippen LogP contribution in [0.15, 0.2) is 70.6 Å². The third-order valence-electron chi connectivity index (χ3n) is 6.57. The molecule has 0 bridgehead atoms. The number of aryl methyl sites for hydroxylation is 2. The molecule has 0 amide bonds. The minimum absolute atomic E-state index is 0.126. The van der Waals surface area contributed by atoms with Crippen molar-refractivity contribution in [2.45, 2.75) is 57.4 Å². The molecule has 5 nitrogen and oxygen atoms in total. The number of thioether (sulfide) groups is 1. The molecule has 4 rings (SSSR count). The summed E-state index contributed by atoms with van der Waals surface area (Å²) in [6, 6.07) is 17.9. The number of amidine groups is 1. The maximum absolute atomic E-state index is 14.0. The number of nitrogens with zero attached hydrogens (tertiary/aromatic N) is 2. The SMILES string of the molecule is Cc1ccc(SC(=Nc2ccc(F)c(N[O-])c2)N(Cc2cccc(O)c2)CC2CCCCC2)c(C)c1. The zero-order valence-electron chi connectivity index (χ0n) is 20.8. The normalized spacial score (nSPS) is 14.6. The molecule has 1 aliphatic rings. The molecule has 3 aromatic rings. The summed E-state index contributed by atoms with van der Waals surface area (Å²) in [5.74, 6) is 0.176. The van der Waals surface area contributed by atoms with Crippen LogP contribution in [0.1, 0.15) is 48.8 Å². The van der Waals surface area contributed by atoms with E-state index in [2.05, 4.69) is 36.9 Å². The Morgan fingerprint density at radius 3 is 2.61 bits per heavy atom. The van der Waals surface area contributed by atoms with Crippen LogP contribution in [-0.2, 0) is 6.54 Å². The minimum atomic E-state index is -0.605. The second-order valence-electron chi connectivity index (χ2n) is 9.59. The van der Waals surface area contributed by atoms with Gasteiger partial charge in [-0.15, -0.1) is 0 Å². The molecule has 1 fully saturated rings. The van der Waals surface area contributed by atoms with Gasteiger partial charge in [0.1, 0.15) is 11.6 Å². The van der Waals surface area contributed by atoms with Gasteiger partial charge in [0, 0.05) is 18.0 Å². The molecular weight excluding hydrogens is 473 g/mol. The number of hydrogen-bond acceptors (Lipinski definition) is 5. The number of halogens is 1. The number of anilines is 1. The Balaban J connectivity index is 1.75. The number of phenols is 1. The lowest BCUT2D eigenvalue weighted by Crippen LogP contribution is -2.34. The molecule has 190 valence electrons. The predicted molar refractivity (Wildman–Crippen MR) is 147 cm³/mol. The van der Waals surface area contributed by atoms with Gasteiger partial charge in [-0.3, -0.25) is 0 Å². The van der Waals surface area contributed by atoms with Crippen LogP contribution in [0.3, 0.4) is 0 Å². The Bertz CT molecular complexity index is 1210. The van der Waals surface area contributed by atoms with Gasteiger partial charge in [-0.05, 0) is 80.1 Å². The Hall–Kier alpha value is -3.03. The van der Waals surface area contributed by atoms with Gasteiger partial charge in [-0.25, -0.2) is 9.38 Å². The molecule has 3 aromatic carbocycles. The van der Waals surface area contributed by atoms with E-state index in [0.29, 0.717) is 18.2 Å². The lowest BCUT2D eigenvalue weighted by atomic mass is 9.89. The van der Waals surface area contributed by atoms with Crippen molar-refractivity contribution in [2.75, 3.05) is 12.0 Å². The number of phenolic OH excluding ortho intramolecular Hbond substituents is 1. The molecular formula is C29H33FN3O2S-. The molecule has 36 heavy (non-hydrogen) atoms. The number of aromatic hydroxyl groups is 1. The lowest BCUT2D eigenvalue weighted by Gasteiger charge is -2.32. The molecule has 1 aliphatic carbocycles. The molecule has 0 radical (unpaired) electrons. The van der Waals surface area contributed by atoms with Gasteiger partial charge in [0.2, 0.25) is 0 Å². The van der Waals surface area contributed by atoms with E-state index in [9.17, 15) is 14.7 Å². The summed E-state index contributed by atoms with van der Waals surface area (Å²) in [5.41, 5.74) is 5.39. The van der Waals surface area contributed by atoms with Crippen LogP contribution in [0.4, 0.5) is 15.8 Å². The summed E-state index contributed by atoms with van der Waals surface area (Å²) >= 11 is 1.58. The van der Waals surface area contributed by atoms with E-state index in [1.807, 2.05) is 12.1 Å². The second-order valence-corrected chi connectivity index (χ2v) is 10.6. The quantitative estimate of drug-likeness (QED) is 0.147.